The summed E-state index contributed by atoms with van der Waals surface area (Å²) < 4.78 is 10.4. The normalized spacial score (nSPS) is 10.2. The summed E-state index contributed by atoms with van der Waals surface area (Å²) in [7, 11) is 1.66. The van der Waals surface area contributed by atoms with Crippen LogP contribution >= 0.6 is 0 Å². The molecule has 1 aromatic rings. The molecule has 1 aromatic heterocycles. The molecule has 0 aliphatic heterocycles. The van der Waals surface area contributed by atoms with Crippen LogP contribution in [0.2, 0.25) is 0 Å². The molecule has 0 aromatic carbocycles. The fourth-order valence-corrected chi connectivity index (χ4v) is 1.16. The summed E-state index contributed by atoms with van der Waals surface area (Å²) in [6, 6.07) is 1.83. The van der Waals surface area contributed by atoms with Crippen LogP contribution in [0.25, 0.3) is 0 Å². The number of anilines is 1. The molecule has 90 valence electrons. The van der Waals surface area contributed by atoms with Crippen molar-refractivity contribution in [1.82, 2.24) is 9.97 Å². The average Bonchev–Trinajstić information content (AvgIpc) is 2.26. The number of rotatable bonds is 7. The third kappa shape index (κ3) is 4.44. The van der Waals surface area contributed by atoms with Crippen molar-refractivity contribution in [3.05, 3.63) is 11.8 Å². The van der Waals surface area contributed by atoms with E-state index in [1.165, 1.54) is 0 Å². The number of nitrogens with one attached hydrogen (secondary N) is 1. The summed E-state index contributed by atoms with van der Waals surface area (Å²) in [5.74, 6) is 1.21. The standard InChI is InChI=1S/C11H19N3O2/c1-4-6-16-10-8-9(2)13-11(14-10)12-5-7-15-3/h8H,4-7H2,1-3H3,(H,12,13,14). The number of aromatic nitrogens is 2. The van der Waals surface area contributed by atoms with Crippen molar-refractivity contribution in [3.63, 3.8) is 0 Å². The Morgan fingerprint density at radius 1 is 1.31 bits per heavy atom. The number of hydrogen-bond donors (Lipinski definition) is 1. The Morgan fingerprint density at radius 2 is 2.12 bits per heavy atom. The minimum atomic E-state index is 0.586. The van der Waals surface area contributed by atoms with Crippen molar-refractivity contribution in [2.45, 2.75) is 20.3 Å². The Labute approximate surface area is 96.2 Å². The number of aryl methyl sites for hydroxylation is 1. The maximum Gasteiger partial charge on any atom is 0.226 e. The summed E-state index contributed by atoms with van der Waals surface area (Å²) in [6.45, 7) is 5.97. The monoisotopic (exact) mass is 225 g/mol. The van der Waals surface area contributed by atoms with Gasteiger partial charge in [0.05, 0.1) is 13.2 Å². The maximum atomic E-state index is 5.46. The van der Waals surface area contributed by atoms with Crippen LogP contribution in [0, 0.1) is 6.92 Å². The first-order valence-corrected chi connectivity index (χ1v) is 5.47. The SMILES string of the molecule is CCCOc1cc(C)nc(NCCOC)n1. The third-order valence-corrected chi connectivity index (χ3v) is 1.87. The van der Waals surface area contributed by atoms with Crippen LogP contribution in [-0.2, 0) is 4.74 Å². The minimum absolute atomic E-state index is 0.586. The molecule has 0 aliphatic carbocycles. The molecule has 0 bridgehead atoms. The van der Waals surface area contributed by atoms with Gasteiger partial charge in [-0.15, -0.1) is 0 Å². The van der Waals surface area contributed by atoms with Gasteiger partial charge in [0.2, 0.25) is 11.8 Å². The van der Waals surface area contributed by atoms with Gasteiger partial charge in [0.25, 0.3) is 0 Å². The first-order chi connectivity index (χ1) is 7.76. The molecule has 1 rings (SSSR count). The Hall–Kier alpha value is -1.36. The second-order valence-electron chi connectivity index (χ2n) is 3.44. The highest BCUT2D eigenvalue weighted by Gasteiger charge is 2.02. The van der Waals surface area contributed by atoms with Crippen LogP contribution < -0.4 is 10.1 Å². The predicted molar refractivity (Wildman–Crippen MR) is 62.9 cm³/mol. The van der Waals surface area contributed by atoms with Crippen LogP contribution in [-0.4, -0.2) is 36.8 Å². The second-order valence-corrected chi connectivity index (χ2v) is 3.44. The van der Waals surface area contributed by atoms with Crippen molar-refractivity contribution in [2.75, 3.05) is 32.2 Å². The van der Waals surface area contributed by atoms with Gasteiger partial charge in [-0.3, -0.25) is 0 Å². The molecule has 0 saturated heterocycles. The first kappa shape index (κ1) is 12.7. The molecule has 0 radical (unpaired) electrons. The molecule has 5 nitrogen and oxygen atoms in total. The van der Waals surface area contributed by atoms with Gasteiger partial charge in [-0.05, 0) is 13.3 Å². The van der Waals surface area contributed by atoms with E-state index < -0.39 is 0 Å². The molecule has 1 N–H and O–H groups in total. The zero-order valence-corrected chi connectivity index (χ0v) is 10.1. The summed E-state index contributed by atoms with van der Waals surface area (Å²) in [5.41, 5.74) is 0.890. The molecule has 0 amide bonds. The number of nitrogens with zero attached hydrogens (tertiary/aromatic N) is 2. The van der Waals surface area contributed by atoms with Crippen LogP contribution in [0.1, 0.15) is 19.0 Å². The zero-order chi connectivity index (χ0) is 11.8. The molecule has 1 heterocycles. The van der Waals surface area contributed by atoms with Crippen molar-refractivity contribution < 1.29 is 9.47 Å². The number of methoxy groups -OCH3 is 1. The van der Waals surface area contributed by atoms with E-state index in [9.17, 15) is 0 Å². The Balaban J connectivity index is 2.58. The molecule has 0 fully saturated rings. The second kappa shape index (κ2) is 7.00. The lowest BCUT2D eigenvalue weighted by molar-refractivity contribution is 0.210. The average molecular weight is 225 g/mol. The van der Waals surface area contributed by atoms with Crippen molar-refractivity contribution in [3.8, 4) is 5.88 Å². The zero-order valence-electron chi connectivity index (χ0n) is 10.1. The first-order valence-electron chi connectivity index (χ1n) is 5.47. The van der Waals surface area contributed by atoms with Crippen LogP contribution in [0.5, 0.6) is 5.88 Å². The topological polar surface area (TPSA) is 56.3 Å². The number of ether oxygens (including phenoxy) is 2. The largest absolute Gasteiger partial charge is 0.478 e. The lowest BCUT2D eigenvalue weighted by Gasteiger charge is -2.08. The fourth-order valence-electron chi connectivity index (χ4n) is 1.16. The van der Waals surface area contributed by atoms with Crippen molar-refractivity contribution in [2.24, 2.45) is 0 Å². The molecule has 0 spiro atoms. The Bertz CT molecular complexity index is 318. The summed E-state index contributed by atoms with van der Waals surface area (Å²) in [6.07, 6.45) is 0.968. The van der Waals surface area contributed by atoms with E-state index >= 15 is 0 Å². The summed E-state index contributed by atoms with van der Waals surface area (Å²) in [5, 5.41) is 3.08. The van der Waals surface area contributed by atoms with E-state index in [0.29, 0.717) is 31.6 Å². The van der Waals surface area contributed by atoms with Crippen LogP contribution in [0.4, 0.5) is 5.95 Å². The number of hydrogen-bond acceptors (Lipinski definition) is 5. The quantitative estimate of drug-likeness (QED) is 0.715. The van der Waals surface area contributed by atoms with E-state index in [1.807, 2.05) is 13.0 Å². The highest BCUT2D eigenvalue weighted by atomic mass is 16.5. The van der Waals surface area contributed by atoms with Gasteiger partial charge in [0, 0.05) is 25.4 Å². The van der Waals surface area contributed by atoms with Crippen molar-refractivity contribution in [1.29, 1.82) is 0 Å². The smallest absolute Gasteiger partial charge is 0.226 e. The summed E-state index contributed by atoms with van der Waals surface area (Å²) >= 11 is 0. The van der Waals surface area contributed by atoms with E-state index in [4.69, 9.17) is 9.47 Å². The van der Waals surface area contributed by atoms with Crippen LogP contribution in [0.3, 0.4) is 0 Å². The van der Waals surface area contributed by atoms with Gasteiger partial charge in [-0.2, -0.15) is 4.98 Å². The van der Waals surface area contributed by atoms with Gasteiger partial charge in [0.15, 0.2) is 0 Å². The predicted octanol–water partition coefficient (Wildman–Crippen LogP) is 1.63. The van der Waals surface area contributed by atoms with E-state index in [-0.39, 0.29) is 0 Å². The molecule has 16 heavy (non-hydrogen) atoms. The highest BCUT2D eigenvalue weighted by molar-refractivity contribution is 5.30. The van der Waals surface area contributed by atoms with E-state index in [0.717, 1.165) is 12.1 Å². The lowest BCUT2D eigenvalue weighted by Crippen LogP contribution is -2.11. The molecule has 0 unspecified atom stereocenters. The molecule has 0 atom stereocenters. The van der Waals surface area contributed by atoms with Crippen molar-refractivity contribution >= 4 is 5.95 Å². The maximum absolute atomic E-state index is 5.46. The van der Waals surface area contributed by atoms with Gasteiger partial charge < -0.3 is 14.8 Å². The molecule has 0 aliphatic rings. The Kier molecular flexibility index (Phi) is 5.56. The highest BCUT2D eigenvalue weighted by Crippen LogP contribution is 2.11. The Morgan fingerprint density at radius 3 is 2.81 bits per heavy atom. The summed E-state index contributed by atoms with van der Waals surface area (Å²) in [4.78, 5) is 8.50. The lowest BCUT2D eigenvalue weighted by atomic mass is 10.4. The molecule has 0 saturated carbocycles. The molecular weight excluding hydrogens is 206 g/mol. The van der Waals surface area contributed by atoms with E-state index in [2.05, 4.69) is 22.2 Å². The van der Waals surface area contributed by atoms with Gasteiger partial charge in [0.1, 0.15) is 0 Å². The van der Waals surface area contributed by atoms with Gasteiger partial charge >= 0.3 is 0 Å². The fraction of sp³-hybridized carbons (Fsp3) is 0.636. The van der Waals surface area contributed by atoms with Crippen LogP contribution in [0.15, 0.2) is 6.07 Å². The minimum Gasteiger partial charge on any atom is -0.478 e. The van der Waals surface area contributed by atoms with Gasteiger partial charge in [-0.1, -0.05) is 6.92 Å². The molecule has 5 heteroatoms. The van der Waals surface area contributed by atoms with Gasteiger partial charge in [-0.25, -0.2) is 4.98 Å². The third-order valence-electron chi connectivity index (χ3n) is 1.87. The van der Waals surface area contributed by atoms with E-state index in [1.54, 1.807) is 7.11 Å². The molecular formula is C11H19N3O2.